The first-order chi connectivity index (χ1) is 2.27. The summed E-state index contributed by atoms with van der Waals surface area (Å²) >= 11 is 0. The van der Waals surface area contributed by atoms with E-state index in [1.165, 1.54) is 6.92 Å². The zero-order valence-corrected chi connectivity index (χ0v) is 6.46. The van der Waals surface area contributed by atoms with Gasteiger partial charge in [-0.25, -0.2) is 0 Å². The van der Waals surface area contributed by atoms with Crippen LogP contribution in [-0.4, -0.2) is 5.78 Å². The van der Waals surface area contributed by atoms with E-state index in [0.717, 1.165) is 0 Å². The first-order valence-electron chi connectivity index (χ1n) is 1.31. The van der Waals surface area contributed by atoms with Crippen LogP contribution in [0, 0.1) is 6.08 Å². The van der Waals surface area contributed by atoms with Gasteiger partial charge in [0.15, 0.2) is 0 Å². The van der Waals surface area contributed by atoms with Gasteiger partial charge in [0.2, 0.25) is 0 Å². The molecule has 0 aliphatic carbocycles. The first-order valence-corrected chi connectivity index (χ1v) is 1.31. The average Bonchev–Trinajstić information content (AvgIpc) is 1.38. The average molecular weight is 253 g/mol. The van der Waals surface area contributed by atoms with Crippen LogP contribution >= 0.6 is 0 Å². The van der Waals surface area contributed by atoms with Crippen molar-refractivity contribution in [1.82, 2.24) is 0 Å². The van der Waals surface area contributed by atoms with Gasteiger partial charge < -0.3 is 10.9 Å². The molecule has 34 valence electrons. The number of carbonyl (C=O) groups is 1. The van der Waals surface area contributed by atoms with E-state index in [4.69, 9.17) is 0 Å². The van der Waals surface area contributed by atoms with Gasteiger partial charge in [-0.3, -0.25) is 6.58 Å². The Morgan fingerprint density at radius 1 is 1.83 bits per heavy atom. The number of hydrogen-bond acceptors (Lipinski definition) is 1. The Morgan fingerprint density at radius 2 is 2.00 bits per heavy atom. The van der Waals surface area contributed by atoms with Gasteiger partial charge in [0.25, 0.3) is 0 Å². The van der Waals surface area contributed by atoms with Crippen LogP contribution in [0.3, 0.4) is 0 Å². The predicted molar refractivity (Wildman–Crippen MR) is 19.6 cm³/mol. The maximum absolute atomic E-state index is 9.64. The molecule has 0 unspecified atom stereocenters. The maximum atomic E-state index is 9.64. The Hall–Kier alpha value is 0.0983. The van der Waals surface area contributed by atoms with Crippen molar-refractivity contribution in [1.29, 1.82) is 0 Å². The normalized spacial score (nSPS) is 5.50. The van der Waals surface area contributed by atoms with E-state index in [1.807, 2.05) is 0 Å². The largest absolute Gasteiger partial charge is 0.435 e. The van der Waals surface area contributed by atoms with Gasteiger partial charge in [-0.15, -0.1) is 0 Å². The van der Waals surface area contributed by atoms with E-state index >= 15 is 0 Å². The van der Waals surface area contributed by atoms with Crippen LogP contribution < -0.4 is 0 Å². The molecule has 0 aliphatic heterocycles. The zero-order valence-electron chi connectivity index (χ0n) is 3.52. The number of Topliss-reactive ketones (excluding diaryl/α,β-unsaturated/α-hetero) is 1. The van der Waals surface area contributed by atoms with Gasteiger partial charge in [-0.2, -0.15) is 0 Å². The van der Waals surface area contributed by atoms with E-state index in [-0.39, 0.29) is 26.8 Å². The molecule has 2 heteroatoms. The van der Waals surface area contributed by atoms with Crippen LogP contribution in [0.2, 0.25) is 0 Å². The van der Waals surface area contributed by atoms with Gasteiger partial charge in [-0.05, 0) is 12.7 Å². The van der Waals surface area contributed by atoms with Gasteiger partial charge in [0.1, 0.15) is 0 Å². The molecule has 0 rings (SSSR count). The smallest absolute Gasteiger partial charge is 0 e. The Morgan fingerprint density at radius 3 is 2.00 bits per heavy atom. The number of carbonyl (C=O) groups excluding carboxylic acids is 1. The second-order valence-electron chi connectivity index (χ2n) is 0.733. The second kappa shape index (κ2) is 5.10. The summed E-state index contributed by atoms with van der Waals surface area (Å²) in [6.07, 6.45) is 2.14. The molecule has 6 heavy (non-hydrogen) atoms. The van der Waals surface area contributed by atoms with E-state index in [2.05, 4.69) is 12.7 Å². The van der Waals surface area contributed by atoms with Crippen molar-refractivity contribution in [3.05, 3.63) is 12.7 Å². The second-order valence-corrected chi connectivity index (χ2v) is 0.733. The quantitative estimate of drug-likeness (QED) is 0.493. The zero-order chi connectivity index (χ0) is 4.28. The number of allylic oxidation sites excluding steroid dienone is 1. The molecule has 1 nitrogen and oxygen atoms in total. The van der Waals surface area contributed by atoms with Crippen molar-refractivity contribution >= 4 is 5.78 Å². The standard InChI is InChI=1S/C4H5O.W/c1-3-4(2)5;/h1H2,2H3;/q-1;. The summed E-state index contributed by atoms with van der Waals surface area (Å²) < 4.78 is 0. The van der Waals surface area contributed by atoms with Crippen LogP contribution in [0.25, 0.3) is 0 Å². The molecule has 0 N–H and O–H groups in total. The third-order valence-corrected chi connectivity index (χ3v) is 0.249. The molecule has 0 aromatic carbocycles. The Kier molecular flexibility index (Phi) is 8.02. The van der Waals surface area contributed by atoms with Crippen LogP contribution in [0.4, 0.5) is 0 Å². The summed E-state index contributed by atoms with van der Waals surface area (Å²) in [5.74, 6) is -0.106. The molecule has 0 atom stereocenters. The molecule has 0 saturated heterocycles. The molecule has 0 aromatic rings. The van der Waals surface area contributed by atoms with E-state index in [0.29, 0.717) is 0 Å². The van der Waals surface area contributed by atoms with E-state index in [9.17, 15) is 4.79 Å². The van der Waals surface area contributed by atoms with Crippen LogP contribution in [-0.2, 0) is 25.9 Å². The summed E-state index contributed by atoms with van der Waals surface area (Å²) in [5, 5.41) is 0. The predicted octanol–water partition coefficient (Wildman–Crippen LogP) is 0.562. The molecule has 0 radical (unpaired) electrons. The third kappa shape index (κ3) is 8.94. The molecular weight excluding hydrogens is 248 g/mol. The molecule has 0 spiro atoms. The number of ketones is 1. The minimum absolute atomic E-state index is 0. The van der Waals surface area contributed by atoms with Crippen molar-refractivity contribution < 1.29 is 25.9 Å². The molecule has 0 amide bonds. The Bertz CT molecular complexity index is 58.6. The van der Waals surface area contributed by atoms with Gasteiger partial charge >= 0.3 is 0 Å². The van der Waals surface area contributed by atoms with Crippen molar-refractivity contribution in [2.24, 2.45) is 0 Å². The molecule has 0 aromatic heterocycles. The molecule has 0 aliphatic rings. The van der Waals surface area contributed by atoms with Crippen LogP contribution in [0.5, 0.6) is 0 Å². The number of rotatable bonds is 1. The molecule has 0 saturated carbocycles. The van der Waals surface area contributed by atoms with Gasteiger partial charge in [0.05, 0.1) is 0 Å². The molecule has 0 fully saturated rings. The summed E-state index contributed by atoms with van der Waals surface area (Å²) in [6, 6.07) is 0. The fourth-order valence-electron chi connectivity index (χ4n) is 0. The number of hydrogen-bond donors (Lipinski definition) is 0. The minimum Gasteiger partial charge on any atom is -0.435 e. The third-order valence-electron chi connectivity index (χ3n) is 0.249. The van der Waals surface area contributed by atoms with Crippen LogP contribution in [0.15, 0.2) is 6.58 Å². The Labute approximate surface area is 51.7 Å². The maximum Gasteiger partial charge on any atom is 0 e. The Balaban J connectivity index is 0. The van der Waals surface area contributed by atoms with Crippen LogP contribution in [0.1, 0.15) is 6.92 Å². The van der Waals surface area contributed by atoms with Crippen molar-refractivity contribution in [2.45, 2.75) is 6.92 Å². The summed E-state index contributed by atoms with van der Waals surface area (Å²) in [6.45, 7) is 4.50. The van der Waals surface area contributed by atoms with Crippen molar-refractivity contribution in [2.75, 3.05) is 0 Å². The first kappa shape index (κ1) is 9.44. The van der Waals surface area contributed by atoms with E-state index < -0.39 is 0 Å². The van der Waals surface area contributed by atoms with Crippen molar-refractivity contribution in [3.63, 3.8) is 0 Å². The minimum atomic E-state index is -0.106. The van der Waals surface area contributed by atoms with Gasteiger partial charge in [0, 0.05) is 21.1 Å². The van der Waals surface area contributed by atoms with Gasteiger partial charge in [-0.1, -0.05) is 0 Å². The monoisotopic (exact) mass is 253 g/mol. The van der Waals surface area contributed by atoms with E-state index in [1.54, 1.807) is 0 Å². The van der Waals surface area contributed by atoms with Crippen molar-refractivity contribution in [3.8, 4) is 0 Å². The SMILES string of the molecule is C=[C-]C(C)=O.[W]. The molecular formula is C4H5OW-. The fourth-order valence-corrected chi connectivity index (χ4v) is 0. The summed E-state index contributed by atoms with van der Waals surface area (Å²) in [5.41, 5.74) is 0. The summed E-state index contributed by atoms with van der Waals surface area (Å²) in [7, 11) is 0. The summed E-state index contributed by atoms with van der Waals surface area (Å²) in [4.78, 5) is 9.64. The molecule has 0 bridgehead atoms. The molecule has 0 heterocycles. The topological polar surface area (TPSA) is 17.1 Å². The fraction of sp³-hybridized carbons (Fsp3) is 0.250.